The van der Waals surface area contributed by atoms with Gasteiger partial charge in [0.2, 0.25) is 5.91 Å². The molecule has 3 aromatic carbocycles. The minimum Gasteiger partial charge on any atom is -0.480 e. The van der Waals surface area contributed by atoms with Gasteiger partial charge in [-0.2, -0.15) is 0 Å². The van der Waals surface area contributed by atoms with Gasteiger partial charge in [0.05, 0.1) is 24.7 Å². The van der Waals surface area contributed by atoms with Crippen LogP contribution in [0, 0.1) is 5.41 Å². The van der Waals surface area contributed by atoms with Crippen molar-refractivity contribution in [1.29, 1.82) is 0 Å². The third-order valence-corrected chi connectivity index (χ3v) is 8.10. The zero-order valence-electron chi connectivity index (χ0n) is 23.6. The molecule has 0 spiro atoms. The Morgan fingerprint density at radius 3 is 2.24 bits per heavy atom. The van der Waals surface area contributed by atoms with Crippen molar-refractivity contribution in [3.63, 3.8) is 0 Å². The highest BCUT2D eigenvalue weighted by molar-refractivity contribution is 5.88. The summed E-state index contributed by atoms with van der Waals surface area (Å²) in [7, 11) is 0. The molecule has 9 nitrogen and oxygen atoms in total. The van der Waals surface area contributed by atoms with Crippen molar-refractivity contribution in [3.8, 4) is 11.1 Å². The van der Waals surface area contributed by atoms with Gasteiger partial charge in [-0.25, -0.2) is 9.59 Å². The Kier molecular flexibility index (Phi) is 9.19. The normalized spacial score (nSPS) is 19.2. The number of amides is 2. The lowest BCUT2D eigenvalue weighted by atomic mass is 9.81. The van der Waals surface area contributed by atoms with Crippen LogP contribution >= 0.6 is 0 Å². The van der Waals surface area contributed by atoms with E-state index in [1.807, 2.05) is 66.7 Å². The van der Waals surface area contributed by atoms with E-state index in [4.69, 9.17) is 14.2 Å². The van der Waals surface area contributed by atoms with E-state index in [1.165, 1.54) is 0 Å². The van der Waals surface area contributed by atoms with Crippen LogP contribution < -0.4 is 10.6 Å². The fraction of sp³-hybridized carbons (Fsp3) is 0.364. The van der Waals surface area contributed by atoms with Gasteiger partial charge in [-0.3, -0.25) is 4.79 Å². The number of rotatable bonds is 11. The topological polar surface area (TPSA) is 123 Å². The number of carbonyl (C=O) groups excluding carboxylic acids is 2. The number of alkyl carbamates (subject to hydrolysis) is 1. The molecular formula is C33H36N2O7. The molecule has 5 rings (SSSR count). The van der Waals surface area contributed by atoms with Gasteiger partial charge in [-0.1, -0.05) is 78.9 Å². The fourth-order valence-electron chi connectivity index (χ4n) is 5.71. The maximum Gasteiger partial charge on any atom is 0.407 e. The van der Waals surface area contributed by atoms with Gasteiger partial charge < -0.3 is 30.0 Å². The van der Waals surface area contributed by atoms with Crippen molar-refractivity contribution in [3.05, 3.63) is 95.6 Å². The van der Waals surface area contributed by atoms with Crippen LogP contribution in [0.5, 0.6) is 0 Å². The first-order valence-electron chi connectivity index (χ1n) is 14.2. The van der Waals surface area contributed by atoms with E-state index in [0.717, 1.165) is 27.8 Å². The molecule has 0 saturated carbocycles. The van der Waals surface area contributed by atoms with Crippen LogP contribution in [0.1, 0.15) is 42.4 Å². The molecule has 0 radical (unpaired) electrons. The minimum absolute atomic E-state index is 0.0497. The van der Waals surface area contributed by atoms with Crippen molar-refractivity contribution in [2.45, 2.75) is 44.4 Å². The van der Waals surface area contributed by atoms with E-state index in [9.17, 15) is 19.5 Å². The summed E-state index contributed by atoms with van der Waals surface area (Å²) in [5, 5.41) is 15.3. The highest BCUT2D eigenvalue weighted by Crippen LogP contribution is 2.44. The van der Waals surface area contributed by atoms with Gasteiger partial charge in [-0.15, -0.1) is 0 Å². The Hall–Kier alpha value is -4.21. The van der Waals surface area contributed by atoms with E-state index in [0.29, 0.717) is 19.4 Å². The molecular weight excluding hydrogens is 536 g/mol. The van der Waals surface area contributed by atoms with Crippen LogP contribution in [-0.4, -0.2) is 61.6 Å². The van der Waals surface area contributed by atoms with Crippen LogP contribution in [0.4, 0.5) is 4.79 Å². The molecule has 2 aliphatic rings. The van der Waals surface area contributed by atoms with E-state index < -0.39 is 35.5 Å². The molecule has 1 heterocycles. The average molecular weight is 573 g/mol. The molecule has 3 aromatic rings. The standard InChI is InChI=1S/C33H36N2O7/c1-22(41-18-23-10-3-2-4-11-23)29(30(36)37)35-31(38)33(16-9-17-40-21-33)20-34-32(39)42-19-28-26-14-7-5-12-24(26)25-13-6-8-15-27(25)28/h2-8,10-15,22,28-29H,9,16-21H2,1H3,(H,34,39)(H,35,38)(H,36,37)/t22-,29+,33?/m0/s1. The second-order valence-corrected chi connectivity index (χ2v) is 10.9. The number of fused-ring (bicyclic) bond motifs is 3. The number of hydrogen-bond donors (Lipinski definition) is 3. The molecule has 42 heavy (non-hydrogen) atoms. The number of carboxylic acid groups (broad SMARTS) is 1. The maximum absolute atomic E-state index is 13.6. The Bertz CT molecular complexity index is 1360. The number of carbonyl (C=O) groups is 3. The molecule has 1 aliphatic heterocycles. The monoisotopic (exact) mass is 572 g/mol. The zero-order chi connectivity index (χ0) is 29.5. The maximum atomic E-state index is 13.6. The molecule has 0 aromatic heterocycles. The summed E-state index contributed by atoms with van der Waals surface area (Å²) >= 11 is 0. The van der Waals surface area contributed by atoms with Crippen LogP contribution in [0.25, 0.3) is 11.1 Å². The van der Waals surface area contributed by atoms with Crippen molar-refractivity contribution in [2.24, 2.45) is 5.41 Å². The number of hydrogen-bond acceptors (Lipinski definition) is 6. The third-order valence-electron chi connectivity index (χ3n) is 8.10. The van der Waals surface area contributed by atoms with Gasteiger partial charge in [-0.05, 0) is 47.6 Å². The first-order valence-corrected chi connectivity index (χ1v) is 14.2. The number of nitrogens with one attached hydrogen (secondary N) is 2. The summed E-state index contributed by atoms with van der Waals surface area (Å²) in [6, 6.07) is 24.3. The van der Waals surface area contributed by atoms with Gasteiger partial charge >= 0.3 is 12.1 Å². The molecule has 1 unspecified atom stereocenters. The van der Waals surface area contributed by atoms with Crippen LogP contribution in [-0.2, 0) is 30.4 Å². The SMILES string of the molecule is C[C@H](OCc1ccccc1)[C@@H](NC(=O)C1(CNC(=O)OCC2c3ccccc3-c3ccccc32)CCCOC1)C(=O)O. The molecule has 3 N–H and O–H groups in total. The van der Waals surface area contributed by atoms with Crippen LogP contribution in [0.15, 0.2) is 78.9 Å². The molecule has 1 aliphatic carbocycles. The first kappa shape index (κ1) is 29.3. The van der Waals surface area contributed by atoms with Crippen molar-refractivity contribution in [2.75, 3.05) is 26.4 Å². The van der Waals surface area contributed by atoms with Gasteiger partial charge in [0.1, 0.15) is 6.61 Å². The van der Waals surface area contributed by atoms with Crippen molar-refractivity contribution < 1.29 is 33.7 Å². The summed E-state index contributed by atoms with van der Waals surface area (Å²) < 4.78 is 17.1. The summed E-state index contributed by atoms with van der Waals surface area (Å²) in [5.74, 6) is -1.81. The van der Waals surface area contributed by atoms with Crippen LogP contribution in [0.3, 0.4) is 0 Å². The van der Waals surface area contributed by atoms with Gasteiger partial charge in [0.25, 0.3) is 0 Å². The molecule has 1 saturated heterocycles. The Labute approximate surface area is 245 Å². The summed E-state index contributed by atoms with van der Waals surface area (Å²) in [5.41, 5.74) is 4.22. The molecule has 220 valence electrons. The second-order valence-electron chi connectivity index (χ2n) is 10.9. The molecule has 3 atom stereocenters. The lowest BCUT2D eigenvalue weighted by Gasteiger charge is -2.37. The van der Waals surface area contributed by atoms with Crippen molar-refractivity contribution >= 4 is 18.0 Å². The fourth-order valence-corrected chi connectivity index (χ4v) is 5.71. The largest absolute Gasteiger partial charge is 0.480 e. The summed E-state index contributed by atoms with van der Waals surface area (Å²) in [6.07, 6.45) is -0.432. The van der Waals surface area contributed by atoms with Gasteiger partial charge in [0.15, 0.2) is 6.04 Å². The summed E-state index contributed by atoms with van der Waals surface area (Å²) in [6.45, 7) is 2.45. The quantitative estimate of drug-likeness (QED) is 0.309. The van der Waals surface area contributed by atoms with Crippen molar-refractivity contribution in [1.82, 2.24) is 10.6 Å². The highest BCUT2D eigenvalue weighted by Gasteiger charge is 2.43. The van der Waals surface area contributed by atoms with E-state index >= 15 is 0 Å². The van der Waals surface area contributed by atoms with E-state index in [1.54, 1.807) is 6.92 Å². The minimum atomic E-state index is -1.28. The zero-order valence-corrected chi connectivity index (χ0v) is 23.6. The molecule has 0 bridgehead atoms. The predicted octanol–water partition coefficient (Wildman–Crippen LogP) is 4.50. The summed E-state index contributed by atoms with van der Waals surface area (Å²) in [4.78, 5) is 38.5. The predicted molar refractivity (Wildman–Crippen MR) is 156 cm³/mol. The number of aliphatic carboxylic acids is 1. The number of benzene rings is 3. The molecule has 2 amide bonds. The Balaban J connectivity index is 1.20. The van der Waals surface area contributed by atoms with E-state index in [2.05, 4.69) is 22.8 Å². The lowest BCUT2D eigenvalue weighted by Crippen LogP contribution is -2.58. The average Bonchev–Trinajstić information content (AvgIpc) is 3.34. The van der Waals surface area contributed by atoms with Gasteiger partial charge in [0, 0.05) is 19.1 Å². The molecule has 9 heteroatoms. The second kappa shape index (κ2) is 13.2. The number of ether oxygens (including phenoxy) is 3. The first-order chi connectivity index (χ1) is 20.4. The third kappa shape index (κ3) is 6.48. The van der Waals surface area contributed by atoms with E-state index in [-0.39, 0.29) is 32.3 Å². The molecule has 1 fully saturated rings. The number of carboxylic acids is 1. The smallest absolute Gasteiger partial charge is 0.407 e. The highest BCUT2D eigenvalue weighted by atomic mass is 16.5. The Morgan fingerprint density at radius 2 is 1.62 bits per heavy atom. The lowest BCUT2D eigenvalue weighted by molar-refractivity contribution is -0.151. The Morgan fingerprint density at radius 1 is 0.976 bits per heavy atom. The van der Waals surface area contributed by atoms with Crippen LogP contribution in [0.2, 0.25) is 0 Å².